The molecular formula is C20H20FN5O2. The maximum absolute atomic E-state index is 13.3. The van der Waals surface area contributed by atoms with Crippen molar-refractivity contribution in [2.24, 2.45) is 0 Å². The van der Waals surface area contributed by atoms with Gasteiger partial charge in [-0.2, -0.15) is 0 Å². The number of aromatic nitrogens is 3. The molecule has 1 saturated heterocycles. The Morgan fingerprint density at radius 3 is 2.61 bits per heavy atom. The monoisotopic (exact) mass is 381 g/mol. The van der Waals surface area contributed by atoms with E-state index in [2.05, 4.69) is 15.3 Å². The van der Waals surface area contributed by atoms with Crippen molar-refractivity contribution in [3.8, 4) is 5.69 Å². The number of carbonyl (C=O) groups is 2. The third-order valence-corrected chi connectivity index (χ3v) is 4.97. The van der Waals surface area contributed by atoms with E-state index in [4.69, 9.17) is 0 Å². The summed E-state index contributed by atoms with van der Waals surface area (Å²) in [6.45, 7) is 0.866. The summed E-state index contributed by atoms with van der Waals surface area (Å²) >= 11 is 0. The van der Waals surface area contributed by atoms with Gasteiger partial charge in [0.05, 0.1) is 17.4 Å². The number of rotatable bonds is 3. The van der Waals surface area contributed by atoms with Crippen molar-refractivity contribution < 1.29 is 14.0 Å². The van der Waals surface area contributed by atoms with Gasteiger partial charge in [0.1, 0.15) is 17.5 Å². The van der Waals surface area contributed by atoms with Gasteiger partial charge in [-0.25, -0.2) is 14.4 Å². The summed E-state index contributed by atoms with van der Waals surface area (Å²) < 4.78 is 15.2. The molecular weight excluding hydrogens is 361 g/mol. The number of pyridine rings is 2. The number of hydrogen-bond donors (Lipinski definition) is 1. The maximum atomic E-state index is 13.3. The van der Waals surface area contributed by atoms with Gasteiger partial charge >= 0.3 is 0 Å². The molecule has 3 aromatic heterocycles. The second kappa shape index (κ2) is 7.38. The number of likely N-dealkylation sites (tertiary alicyclic amines) is 1. The van der Waals surface area contributed by atoms with E-state index >= 15 is 0 Å². The topological polar surface area (TPSA) is 80.1 Å². The highest BCUT2D eigenvalue weighted by molar-refractivity contribution is 5.97. The number of alkyl halides is 1. The summed E-state index contributed by atoms with van der Waals surface area (Å²) in [5.74, 6) is -0.368. The molecule has 3 aromatic rings. The standard InChI is InChI=1S/C20H20FN5O2/c1-22-19(27)17-3-2-16(12-23-17)26-9-4-13-10-14(11-24-18(13)26)20(28)25-7-5-15(21)6-8-25/h2-4,9-12,15H,5-8H2,1H3,(H,22,27). The third kappa shape index (κ3) is 3.33. The smallest absolute Gasteiger partial charge is 0.269 e. The van der Waals surface area contributed by atoms with Crippen molar-refractivity contribution in [2.75, 3.05) is 20.1 Å². The van der Waals surface area contributed by atoms with Crippen molar-refractivity contribution in [1.29, 1.82) is 0 Å². The van der Waals surface area contributed by atoms with Crippen LogP contribution in [-0.2, 0) is 0 Å². The van der Waals surface area contributed by atoms with Crippen LogP contribution in [0.3, 0.4) is 0 Å². The summed E-state index contributed by atoms with van der Waals surface area (Å²) in [6, 6.07) is 7.11. The van der Waals surface area contributed by atoms with Crippen LogP contribution in [0.15, 0.2) is 42.9 Å². The minimum atomic E-state index is -0.818. The molecule has 2 amide bonds. The van der Waals surface area contributed by atoms with E-state index in [9.17, 15) is 14.0 Å². The predicted molar refractivity (Wildman–Crippen MR) is 102 cm³/mol. The number of piperidine rings is 1. The van der Waals surface area contributed by atoms with Gasteiger partial charge in [0, 0.05) is 37.9 Å². The van der Waals surface area contributed by atoms with Crippen LogP contribution < -0.4 is 5.32 Å². The highest BCUT2D eigenvalue weighted by Gasteiger charge is 2.23. The molecule has 144 valence electrons. The highest BCUT2D eigenvalue weighted by Crippen LogP contribution is 2.21. The SMILES string of the molecule is CNC(=O)c1ccc(-n2ccc3cc(C(=O)N4CCC(F)CC4)cnc32)cn1. The first-order chi connectivity index (χ1) is 13.6. The molecule has 28 heavy (non-hydrogen) atoms. The summed E-state index contributed by atoms with van der Waals surface area (Å²) in [6.07, 6.45) is 4.95. The van der Waals surface area contributed by atoms with Crippen LogP contribution in [0.4, 0.5) is 4.39 Å². The zero-order chi connectivity index (χ0) is 19.7. The van der Waals surface area contributed by atoms with Crippen LogP contribution in [0.2, 0.25) is 0 Å². The van der Waals surface area contributed by atoms with Crippen LogP contribution in [0.1, 0.15) is 33.7 Å². The van der Waals surface area contributed by atoms with Crippen molar-refractivity contribution in [3.63, 3.8) is 0 Å². The van der Waals surface area contributed by atoms with Gasteiger partial charge in [0.2, 0.25) is 0 Å². The molecule has 7 nitrogen and oxygen atoms in total. The Morgan fingerprint density at radius 2 is 1.93 bits per heavy atom. The Hall–Kier alpha value is -3.29. The van der Waals surface area contributed by atoms with E-state index in [0.717, 1.165) is 11.1 Å². The number of fused-ring (bicyclic) bond motifs is 1. The van der Waals surface area contributed by atoms with Gasteiger partial charge in [0.25, 0.3) is 11.8 Å². The quantitative estimate of drug-likeness (QED) is 0.755. The fraction of sp³-hybridized carbons (Fsp3) is 0.300. The normalized spacial score (nSPS) is 15.0. The maximum Gasteiger partial charge on any atom is 0.269 e. The molecule has 0 spiro atoms. The van der Waals surface area contributed by atoms with Crippen LogP contribution >= 0.6 is 0 Å². The van der Waals surface area contributed by atoms with Crippen LogP contribution in [0.5, 0.6) is 0 Å². The molecule has 1 fully saturated rings. The Balaban J connectivity index is 1.59. The van der Waals surface area contributed by atoms with Gasteiger partial charge in [-0.15, -0.1) is 0 Å². The summed E-state index contributed by atoms with van der Waals surface area (Å²) in [5.41, 5.74) is 2.28. The highest BCUT2D eigenvalue weighted by atomic mass is 19.1. The first-order valence-electron chi connectivity index (χ1n) is 9.16. The van der Waals surface area contributed by atoms with Gasteiger partial charge in [-0.3, -0.25) is 14.2 Å². The minimum Gasteiger partial charge on any atom is -0.354 e. The van der Waals surface area contributed by atoms with Crippen LogP contribution in [0, 0.1) is 0 Å². The number of amides is 2. The molecule has 1 N–H and O–H groups in total. The summed E-state index contributed by atoms with van der Waals surface area (Å²) in [7, 11) is 1.56. The number of nitrogens with zero attached hydrogens (tertiary/aromatic N) is 4. The van der Waals surface area contributed by atoms with Gasteiger partial charge < -0.3 is 10.2 Å². The molecule has 0 atom stereocenters. The number of carbonyl (C=O) groups excluding carboxylic acids is 2. The molecule has 1 aliphatic rings. The molecule has 0 saturated carbocycles. The van der Waals surface area contributed by atoms with E-state index in [-0.39, 0.29) is 11.8 Å². The Bertz CT molecular complexity index is 1020. The van der Waals surface area contributed by atoms with E-state index < -0.39 is 6.17 Å². The number of halogens is 1. The van der Waals surface area contributed by atoms with E-state index in [0.29, 0.717) is 42.8 Å². The second-order valence-corrected chi connectivity index (χ2v) is 6.77. The molecule has 8 heteroatoms. The molecule has 0 aromatic carbocycles. The van der Waals surface area contributed by atoms with Gasteiger partial charge in [-0.1, -0.05) is 0 Å². The van der Waals surface area contributed by atoms with E-state index in [1.807, 2.05) is 16.8 Å². The van der Waals surface area contributed by atoms with Crippen molar-refractivity contribution in [2.45, 2.75) is 19.0 Å². The molecule has 4 heterocycles. The number of nitrogens with one attached hydrogen (secondary N) is 1. The Labute approximate surface area is 161 Å². The van der Waals surface area contributed by atoms with Crippen molar-refractivity contribution in [1.82, 2.24) is 24.8 Å². The zero-order valence-electron chi connectivity index (χ0n) is 15.4. The Kier molecular flexibility index (Phi) is 4.77. The molecule has 4 rings (SSSR count). The average molecular weight is 381 g/mol. The third-order valence-electron chi connectivity index (χ3n) is 4.97. The van der Waals surface area contributed by atoms with Crippen LogP contribution in [0.25, 0.3) is 16.7 Å². The zero-order valence-corrected chi connectivity index (χ0v) is 15.4. The van der Waals surface area contributed by atoms with E-state index in [1.54, 1.807) is 42.5 Å². The lowest BCUT2D eigenvalue weighted by Gasteiger charge is -2.28. The molecule has 0 unspecified atom stereocenters. The Morgan fingerprint density at radius 1 is 1.14 bits per heavy atom. The minimum absolute atomic E-state index is 0.120. The lowest BCUT2D eigenvalue weighted by Crippen LogP contribution is -2.39. The lowest BCUT2D eigenvalue weighted by molar-refractivity contribution is 0.0666. The molecule has 1 aliphatic heterocycles. The fourth-order valence-electron chi connectivity index (χ4n) is 3.37. The average Bonchev–Trinajstić information content (AvgIpc) is 3.16. The lowest BCUT2D eigenvalue weighted by atomic mass is 10.1. The number of hydrogen-bond acceptors (Lipinski definition) is 4. The van der Waals surface area contributed by atoms with Crippen LogP contribution in [-0.4, -0.2) is 57.6 Å². The molecule has 0 bridgehead atoms. The molecule has 0 aliphatic carbocycles. The summed E-state index contributed by atoms with van der Waals surface area (Å²) in [4.78, 5) is 34.6. The van der Waals surface area contributed by atoms with E-state index in [1.165, 1.54) is 0 Å². The molecule has 0 radical (unpaired) electrons. The van der Waals surface area contributed by atoms with Gasteiger partial charge in [-0.05, 0) is 37.1 Å². The summed E-state index contributed by atoms with van der Waals surface area (Å²) in [5, 5.41) is 3.35. The van der Waals surface area contributed by atoms with Crippen molar-refractivity contribution in [3.05, 3.63) is 54.1 Å². The van der Waals surface area contributed by atoms with Gasteiger partial charge in [0.15, 0.2) is 0 Å². The second-order valence-electron chi connectivity index (χ2n) is 6.77. The first kappa shape index (κ1) is 18.1. The van der Waals surface area contributed by atoms with Crippen molar-refractivity contribution >= 4 is 22.8 Å². The fourth-order valence-corrected chi connectivity index (χ4v) is 3.37. The first-order valence-corrected chi connectivity index (χ1v) is 9.16. The predicted octanol–water partition coefficient (Wildman–Crippen LogP) is 2.35. The largest absolute Gasteiger partial charge is 0.354 e.